The van der Waals surface area contributed by atoms with E-state index in [0.717, 1.165) is 5.56 Å². The van der Waals surface area contributed by atoms with Gasteiger partial charge in [-0.15, -0.1) is 0 Å². The SMILES string of the molecule is COc1cc(C(=O)NCC(c2cccc(Cl)c2)N(C)C)cc(OC)c1OC. The van der Waals surface area contributed by atoms with Gasteiger partial charge in [0.15, 0.2) is 11.5 Å². The van der Waals surface area contributed by atoms with Gasteiger partial charge in [-0.1, -0.05) is 23.7 Å². The van der Waals surface area contributed by atoms with Crippen LogP contribution in [0.15, 0.2) is 36.4 Å². The molecule has 2 aromatic carbocycles. The summed E-state index contributed by atoms with van der Waals surface area (Å²) in [4.78, 5) is 14.7. The van der Waals surface area contributed by atoms with Crippen molar-refractivity contribution in [2.45, 2.75) is 6.04 Å². The second kappa shape index (κ2) is 9.48. The molecular formula is C20H25ClN2O4. The third-order valence-electron chi connectivity index (χ3n) is 4.24. The number of amides is 1. The Balaban J connectivity index is 2.21. The summed E-state index contributed by atoms with van der Waals surface area (Å²) in [5.74, 6) is 1.08. The number of hydrogen-bond acceptors (Lipinski definition) is 5. The van der Waals surface area contributed by atoms with Crippen LogP contribution in [0.4, 0.5) is 0 Å². The van der Waals surface area contributed by atoms with Crippen molar-refractivity contribution in [2.75, 3.05) is 42.0 Å². The Bertz CT molecular complexity index is 770. The minimum absolute atomic E-state index is 0.0188. The second-order valence-corrected chi connectivity index (χ2v) is 6.59. The molecule has 0 radical (unpaired) electrons. The number of likely N-dealkylation sites (N-methyl/N-ethyl adjacent to an activating group) is 1. The number of ether oxygens (including phenoxy) is 3. The molecule has 1 N–H and O–H groups in total. The van der Waals surface area contributed by atoms with Crippen molar-refractivity contribution < 1.29 is 19.0 Å². The first-order valence-electron chi connectivity index (χ1n) is 8.41. The molecule has 0 aliphatic rings. The van der Waals surface area contributed by atoms with Crippen molar-refractivity contribution in [3.05, 3.63) is 52.5 Å². The van der Waals surface area contributed by atoms with E-state index in [1.807, 2.05) is 43.3 Å². The van der Waals surface area contributed by atoms with Crippen LogP contribution in [-0.2, 0) is 0 Å². The number of carbonyl (C=O) groups excluding carboxylic acids is 1. The quantitative estimate of drug-likeness (QED) is 0.746. The molecule has 0 fully saturated rings. The van der Waals surface area contributed by atoms with Gasteiger partial charge >= 0.3 is 0 Å². The maximum atomic E-state index is 12.7. The van der Waals surface area contributed by atoms with Gasteiger partial charge in [-0.2, -0.15) is 0 Å². The van der Waals surface area contributed by atoms with Gasteiger partial charge in [0.25, 0.3) is 5.91 Å². The third kappa shape index (κ3) is 5.05. The molecule has 0 saturated heterocycles. The monoisotopic (exact) mass is 392 g/mol. The van der Waals surface area contributed by atoms with Crippen molar-refractivity contribution in [2.24, 2.45) is 0 Å². The highest BCUT2D eigenvalue weighted by atomic mass is 35.5. The van der Waals surface area contributed by atoms with E-state index in [4.69, 9.17) is 25.8 Å². The van der Waals surface area contributed by atoms with Gasteiger partial charge in [-0.05, 0) is 43.9 Å². The zero-order chi connectivity index (χ0) is 20.0. The van der Waals surface area contributed by atoms with E-state index in [1.165, 1.54) is 21.3 Å². The zero-order valence-corrected chi connectivity index (χ0v) is 17.0. The number of nitrogens with zero attached hydrogens (tertiary/aromatic N) is 1. The fourth-order valence-corrected chi connectivity index (χ4v) is 3.01. The highest BCUT2D eigenvalue weighted by Crippen LogP contribution is 2.38. The highest BCUT2D eigenvalue weighted by molar-refractivity contribution is 6.30. The predicted octanol–water partition coefficient (Wildman–Crippen LogP) is 3.40. The van der Waals surface area contributed by atoms with Crippen LogP contribution < -0.4 is 19.5 Å². The fourth-order valence-electron chi connectivity index (χ4n) is 2.82. The topological polar surface area (TPSA) is 60.0 Å². The van der Waals surface area contributed by atoms with E-state index in [9.17, 15) is 4.79 Å². The van der Waals surface area contributed by atoms with Gasteiger partial charge in [0.05, 0.1) is 27.4 Å². The molecular weight excluding hydrogens is 368 g/mol. The average molecular weight is 393 g/mol. The second-order valence-electron chi connectivity index (χ2n) is 6.16. The molecule has 0 aliphatic carbocycles. The number of carbonyl (C=O) groups is 1. The van der Waals surface area contributed by atoms with Crippen molar-refractivity contribution in [3.8, 4) is 17.2 Å². The Morgan fingerprint density at radius 2 is 1.70 bits per heavy atom. The molecule has 0 spiro atoms. The van der Waals surface area contributed by atoms with Crippen LogP contribution in [0.25, 0.3) is 0 Å². The lowest BCUT2D eigenvalue weighted by atomic mass is 10.1. The molecule has 1 unspecified atom stereocenters. The summed E-state index contributed by atoms with van der Waals surface area (Å²) in [6.07, 6.45) is 0. The molecule has 0 heterocycles. The van der Waals surface area contributed by atoms with Crippen LogP contribution in [0.5, 0.6) is 17.2 Å². The number of rotatable bonds is 8. The summed E-state index contributed by atoms with van der Waals surface area (Å²) in [6, 6.07) is 10.8. The first kappa shape index (κ1) is 20.9. The normalized spacial score (nSPS) is 11.8. The minimum atomic E-state index is -0.233. The number of methoxy groups -OCH3 is 3. The summed E-state index contributed by atoms with van der Waals surface area (Å²) in [5, 5.41) is 3.63. The zero-order valence-electron chi connectivity index (χ0n) is 16.2. The number of halogens is 1. The first-order valence-corrected chi connectivity index (χ1v) is 8.79. The van der Waals surface area contributed by atoms with E-state index in [0.29, 0.717) is 34.4 Å². The summed E-state index contributed by atoms with van der Waals surface area (Å²) >= 11 is 6.10. The molecule has 0 bridgehead atoms. The van der Waals surface area contributed by atoms with E-state index in [1.54, 1.807) is 12.1 Å². The van der Waals surface area contributed by atoms with Gasteiger partial charge in [-0.3, -0.25) is 4.79 Å². The van der Waals surface area contributed by atoms with Crippen LogP contribution in [0.2, 0.25) is 5.02 Å². The van der Waals surface area contributed by atoms with E-state index in [2.05, 4.69) is 5.32 Å². The van der Waals surface area contributed by atoms with Crippen LogP contribution in [0, 0.1) is 0 Å². The minimum Gasteiger partial charge on any atom is -0.493 e. The Morgan fingerprint density at radius 1 is 1.07 bits per heavy atom. The van der Waals surface area contributed by atoms with Crippen molar-refractivity contribution in [1.29, 1.82) is 0 Å². The molecule has 2 aromatic rings. The van der Waals surface area contributed by atoms with E-state index < -0.39 is 0 Å². The lowest BCUT2D eigenvalue weighted by Gasteiger charge is -2.25. The summed E-state index contributed by atoms with van der Waals surface area (Å²) in [7, 11) is 8.46. The predicted molar refractivity (Wildman–Crippen MR) is 106 cm³/mol. The molecule has 6 nitrogen and oxygen atoms in total. The lowest BCUT2D eigenvalue weighted by molar-refractivity contribution is 0.0941. The lowest BCUT2D eigenvalue weighted by Crippen LogP contribution is -2.34. The van der Waals surface area contributed by atoms with Crippen molar-refractivity contribution in [3.63, 3.8) is 0 Å². The Labute approximate surface area is 165 Å². The number of benzene rings is 2. The maximum absolute atomic E-state index is 12.7. The molecule has 0 aliphatic heterocycles. The fraction of sp³-hybridized carbons (Fsp3) is 0.350. The van der Waals surface area contributed by atoms with Gasteiger partial charge < -0.3 is 24.4 Å². The van der Waals surface area contributed by atoms with Crippen LogP contribution in [0.1, 0.15) is 22.0 Å². The summed E-state index contributed by atoms with van der Waals surface area (Å²) in [6.45, 7) is 0.419. The van der Waals surface area contributed by atoms with Crippen LogP contribution in [0.3, 0.4) is 0 Å². The standard InChI is InChI=1S/C20H25ClN2O4/c1-23(2)16(13-7-6-8-15(21)9-13)12-22-20(24)14-10-17(25-3)19(27-5)18(11-14)26-4/h6-11,16H,12H2,1-5H3,(H,22,24). The summed E-state index contributed by atoms with van der Waals surface area (Å²) in [5.41, 5.74) is 1.45. The van der Waals surface area contributed by atoms with Gasteiger partial charge in [-0.25, -0.2) is 0 Å². The number of nitrogens with one attached hydrogen (secondary N) is 1. The number of hydrogen-bond donors (Lipinski definition) is 1. The van der Waals surface area contributed by atoms with Gasteiger partial charge in [0.1, 0.15) is 0 Å². The Hall–Kier alpha value is -2.44. The smallest absolute Gasteiger partial charge is 0.251 e. The highest BCUT2D eigenvalue weighted by Gasteiger charge is 2.19. The largest absolute Gasteiger partial charge is 0.493 e. The van der Waals surface area contributed by atoms with Crippen LogP contribution >= 0.6 is 11.6 Å². The average Bonchev–Trinajstić information content (AvgIpc) is 2.66. The molecule has 1 atom stereocenters. The van der Waals surface area contributed by atoms with Crippen LogP contribution in [-0.4, -0.2) is 52.8 Å². The molecule has 146 valence electrons. The van der Waals surface area contributed by atoms with Gasteiger partial charge in [0.2, 0.25) is 5.75 Å². The Morgan fingerprint density at radius 3 is 2.19 bits per heavy atom. The molecule has 7 heteroatoms. The maximum Gasteiger partial charge on any atom is 0.251 e. The van der Waals surface area contributed by atoms with Crippen molar-refractivity contribution >= 4 is 17.5 Å². The molecule has 1 amide bonds. The molecule has 0 aromatic heterocycles. The van der Waals surface area contributed by atoms with E-state index >= 15 is 0 Å². The third-order valence-corrected chi connectivity index (χ3v) is 4.47. The first-order chi connectivity index (χ1) is 12.9. The summed E-state index contributed by atoms with van der Waals surface area (Å²) < 4.78 is 15.9. The van der Waals surface area contributed by atoms with Gasteiger partial charge in [0, 0.05) is 17.1 Å². The molecule has 27 heavy (non-hydrogen) atoms. The molecule has 2 rings (SSSR count). The Kier molecular flexibility index (Phi) is 7.33. The van der Waals surface area contributed by atoms with Crippen molar-refractivity contribution in [1.82, 2.24) is 10.2 Å². The van der Waals surface area contributed by atoms with E-state index in [-0.39, 0.29) is 11.9 Å². The molecule has 0 saturated carbocycles.